The average molecular weight is 350 g/mol. The van der Waals surface area contributed by atoms with Crippen molar-refractivity contribution in [1.82, 2.24) is 0 Å². The van der Waals surface area contributed by atoms with Crippen LogP contribution in [-0.4, -0.2) is 22.5 Å². The van der Waals surface area contributed by atoms with E-state index >= 15 is 0 Å². The largest absolute Gasteiger partial charge is 0.392 e. The highest BCUT2D eigenvalue weighted by molar-refractivity contribution is 7.96. The number of hydrogen-bond acceptors (Lipinski definition) is 3. The summed E-state index contributed by atoms with van der Waals surface area (Å²) in [5, 5.41) is 12.4. The Morgan fingerprint density at radius 2 is 1.79 bits per heavy atom. The molecule has 0 bridgehead atoms. The molecule has 1 aliphatic rings. The van der Waals surface area contributed by atoms with Crippen LogP contribution in [0.25, 0.3) is 0 Å². The lowest BCUT2D eigenvalue weighted by atomic mass is 9.75. The first-order valence-corrected chi connectivity index (χ1v) is 10.6. The minimum Gasteiger partial charge on any atom is -0.392 e. The zero-order chi connectivity index (χ0) is 17.6. The van der Waals surface area contributed by atoms with E-state index in [-0.39, 0.29) is 11.8 Å². The molecule has 1 saturated carbocycles. The maximum atomic E-state index is 13.2. The molecule has 0 aromatic heterocycles. The Balaban J connectivity index is 2.30. The molecule has 0 spiro atoms. The Morgan fingerprint density at radius 3 is 2.33 bits per heavy atom. The molecule has 0 radical (unpaired) electrons. The van der Waals surface area contributed by atoms with Gasteiger partial charge in [-0.15, -0.1) is 0 Å². The first-order valence-electron chi connectivity index (χ1n) is 9.04. The van der Waals surface area contributed by atoms with Crippen LogP contribution in [0, 0.1) is 17.8 Å². The fourth-order valence-corrected chi connectivity index (χ4v) is 5.00. The van der Waals surface area contributed by atoms with E-state index < -0.39 is 15.8 Å². The van der Waals surface area contributed by atoms with Crippen molar-refractivity contribution in [3.63, 3.8) is 0 Å². The predicted octanol–water partition coefficient (Wildman–Crippen LogP) is 4.87. The Kier molecular flexibility index (Phi) is 7.05. The SMILES string of the molecule is CN=S(=O)(/C=C\[C@@H](C1CCCCC1)[C@H](O)C(C)C)c1ccccc1. The van der Waals surface area contributed by atoms with Crippen molar-refractivity contribution in [3.8, 4) is 0 Å². The molecule has 3 atom stereocenters. The van der Waals surface area contributed by atoms with E-state index in [1.165, 1.54) is 19.3 Å². The average Bonchev–Trinajstić information content (AvgIpc) is 2.63. The van der Waals surface area contributed by atoms with Gasteiger partial charge >= 0.3 is 0 Å². The molecule has 1 aromatic rings. The lowest BCUT2D eigenvalue weighted by molar-refractivity contribution is 0.0483. The lowest BCUT2D eigenvalue weighted by Gasteiger charge is -2.33. The monoisotopic (exact) mass is 349 g/mol. The summed E-state index contributed by atoms with van der Waals surface area (Å²) < 4.78 is 17.4. The summed E-state index contributed by atoms with van der Waals surface area (Å²) >= 11 is 0. The molecule has 1 aliphatic carbocycles. The highest BCUT2D eigenvalue weighted by atomic mass is 32.2. The number of benzene rings is 1. The fraction of sp³-hybridized carbons (Fsp3) is 0.600. The number of aliphatic hydroxyl groups excluding tert-OH is 1. The lowest BCUT2D eigenvalue weighted by Crippen LogP contribution is -2.32. The smallest absolute Gasteiger partial charge is 0.0963 e. The summed E-state index contributed by atoms with van der Waals surface area (Å²) in [6.07, 6.45) is 7.63. The Labute approximate surface area is 147 Å². The van der Waals surface area contributed by atoms with E-state index in [0.717, 1.165) is 17.7 Å². The van der Waals surface area contributed by atoms with E-state index in [1.807, 2.05) is 50.3 Å². The van der Waals surface area contributed by atoms with Gasteiger partial charge in [-0.1, -0.05) is 57.4 Å². The van der Waals surface area contributed by atoms with E-state index in [2.05, 4.69) is 4.36 Å². The van der Waals surface area contributed by atoms with Crippen LogP contribution in [0.1, 0.15) is 46.0 Å². The Bertz CT molecular complexity index is 639. The first-order chi connectivity index (χ1) is 11.5. The van der Waals surface area contributed by atoms with Gasteiger partial charge in [-0.25, -0.2) is 8.57 Å². The molecule has 1 unspecified atom stereocenters. The van der Waals surface area contributed by atoms with Gasteiger partial charge < -0.3 is 5.11 Å². The van der Waals surface area contributed by atoms with Crippen LogP contribution >= 0.6 is 0 Å². The maximum absolute atomic E-state index is 13.2. The summed E-state index contributed by atoms with van der Waals surface area (Å²) in [5.74, 6) is 0.716. The van der Waals surface area contributed by atoms with E-state index in [1.54, 1.807) is 12.5 Å². The number of rotatable bonds is 6. The third kappa shape index (κ3) is 4.70. The molecular weight excluding hydrogens is 318 g/mol. The van der Waals surface area contributed by atoms with Crippen LogP contribution in [0.5, 0.6) is 0 Å². The van der Waals surface area contributed by atoms with Gasteiger partial charge in [-0.3, -0.25) is 0 Å². The van der Waals surface area contributed by atoms with Crippen molar-refractivity contribution >= 4 is 9.73 Å². The first kappa shape index (κ1) is 19.2. The molecule has 0 heterocycles. The molecule has 1 fully saturated rings. The van der Waals surface area contributed by atoms with Crippen molar-refractivity contribution in [1.29, 1.82) is 0 Å². The van der Waals surface area contributed by atoms with Gasteiger partial charge in [0.1, 0.15) is 0 Å². The number of aliphatic hydroxyl groups is 1. The van der Waals surface area contributed by atoms with Crippen LogP contribution in [0.3, 0.4) is 0 Å². The van der Waals surface area contributed by atoms with Crippen LogP contribution in [-0.2, 0) is 9.73 Å². The Morgan fingerprint density at radius 1 is 1.17 bits per heavy atom. The number of nitrogens with zero attached hydrogens (tertiary/aromatic N) is 1. The molecule has 0 amide bonds. The van der Waals surface area contributed by atoms with Crippen molar-refractivity contribution in [3.05, 3.63) is 41.8 Å². The summed E-state index contributed by atoms with van der Waals surface area (Å²) in [6, 6.07) is 9.39. The quantitative estimate of drug-likeness (QED) is 0.796. The van der Waals surface area contributed by atoms with Gasteiger partial charge in [0.05, 0.1) is 20.7 Å². The molecule has 0 saturated heterocycles. The summed E-state index contributed by atoms with van der Waals surface area (Å²) in [5.41, 5.74) is 0. The van der Waals surface area contributed by atoms with Gasteiger partial charge in [0, 0.05) is 18.4 Å². The molecular formula is C20H31NO2S. The second kappa shape index (κ2) is 8.82. The van der Waals surface area contributed by atoms with Gasteiger partial charge in [0.25, 0.3) is 0 Å². The normalized spacial score (nSPS) is 21.5. The third-order valence-corrected chi connectivity index (χ3v) is 7.13. The predicted molar refractivity (Wildman–Crippen MR) is 101 cm³/mol. The summed E-state index contributed by atoms with van der Waals surface area (Å²) in [6.45, 7) is 4.10. The van der Waals surface area contributed by atoms with E-state index in [4.69, 9.17) is 0 Å². The van der Waals surface area contributed by atoms with E-state index in [0.29, 0.717) is 5.92 Å². The minimum absolute atomic E-state index is 0.0524. The van der Waals surface area contributed by atoms with Crippen molar-refractivity contribution in [2.24, 2.45) is 22.1 Å². The van der Waals surface area contributed by atoms with Crippen LogP contribution < -0.4 is 0 Å². The standard InChI is InChI=1S/C20H31NO2S/c1-16(2)20(22)19(17-10-6-4-7-11-17)14-15-24(23,21-3)18-12-8-5-9-13-18/h5,8-9,12-17,19-20,22H,4,6-7,10-11H2,1-3H3/b15-14-/t19-,20+,24?/m0/s1. The topological polar surface area (TPSA) is 49.7 Å². The fourth-order valence-electron chi connectivity index (χ4n) is 3.57. The van der Waals surface area contributed by atoms with Crippen molar-refractivity contribution < 1.29 is 9.32 Å². The molecule has 3 nitrogen and oxygen atoms in total. The van der Waals surface area contributed by atoms with Gasteiger partial charge in [0.2, 0.25) is 0 Å². The van der Waals surface area contributed by atoms with Crippen LogP contribution in [0.4, 0.5) is 0 Å². The summed E-state index contributed by atoms with van der Waals surface area (Å²) in [7, 11) is -0.960. The molecule has 4 heteroatoms. The highest BCUT2D eigenvalue weighted by Crippen LogP contribution is 2.35. The van der Waals surface area contributed by atoms with Gasteiger partial charge in [0.15, 0.2) is 0 Å². The molecule has 1 aromatic carbocycles. The van der Waals surface area contributed by atoms with Crippen molar-refractivity contribution in [2.75, 3.05) is 7.05 Å². The van der Waals surface area contributed by atoms with Crippen LogP contribution in [0.2, 0.25) is 0 Å². The molecule has 2 rings (SSSR count). The molecule has 0 aliphatic heterocycles. The molecule has 1 N–H and O–H groups in total. The third-order valence-electron chi connectivity index (χ3n) is 5.11. The zero-order valence-corrected chi connectivity index (χ0v) is 15.9. The maximum Gasteiger partial charge on any atom is 0.0963 e. The van der Waals surface area contributed by atoms with Gasteiger partial charge in [-0.05, 0) is 36.8 Å². The van der Waals surface area contributed by atoms with Gasteiger partial charge in [-0.2, -0.15) is 0 Å². The van der Waals surface area contributed by atoms with E-state index in [9.17, 15) is 9.32 Å². The Hall–Kier alpha value is -1.13. The summed E-state index contributed by atoms with van der Waals surface area (Å²) in [4.78, 5) is 0.727. The molecule has 24 heavy (non-hydrogen) atoms. The van der Waals surface area contributed by atoms with Crippen LogP contribution in [0.15, 0.2) is 51.1 Å². The second-order valence-corrected chi connectivity index (χ2v) is 9.35. The zero-order valence-electron chi connectivity index (χ0n) is 15.1. The highest BCUT2D eigenvalue weighted by Gasteiger charge is 2.29. The van der Waals surface area contributed by atoms with Crippen molar-refractivity contribution in [2.45, 2.75) is 57.0 Å². The minimum atomic E-state index is -2.57. The number of hydrogen-bond donors (Lipinski definition) is 1. The second-order valence-electron chi connectivity index (χ2n) is 7.10. The molecule has 134 valence electrons.